The second kappa shape index (κ2) is 11.5. The van der Waals surface area contributed by atoms with E-state index >= 15 is 0 Å². The van der Waals surface area contributed by atoms with E-state index in [1.54, 1.807) is 81.4 Å². The number of hydrogen-bond donors (Lipinski definition) is 2. The monoisotopic (exact) mass is 578 g/mol. The SMILES string of the molecule is Cc1ccc(S(=O)(=O)N[C@](C)(C(=O)OCc2ccccc2)[C@@H](O)c2cn(C(=O)OC(C)(C)C)c3ccccc23)cc1. The van der Waals surface area contributed by atoms with Crippen molar-refractivity contribution < 1.29 is 32.6 Å². The number of carbonyl (C=O) groups excluding carboxylic acids is 2. The van der Waals surface area contributed by atoms with Crippen molar-refractivity contribution in [1.82, 2.24) is 9.29 Å². The number of sulfonamides is 1. The first-order chi connectivity index (χ1) is 19.2. The molecule has 0 aliphatic carbocycles. The Bertz CT molecular complexity index is 1660. The molecule has 10 heteroatoms. The summed E-state index contributed by atoms with van der Waals surface area (Å²) in [5.41, 5.74) is -0.902. The molecular formula is C31H34N2O7S. The highest BCUT2D eigenvalue weighted by Crippen LogP contribution is 2.35. The van der Waals surface area contributed by atoms with Crippen LogP contribution in [0.1, 0.15) is 50.5 Å². The van der Waals surface area contributed by atoms with Crippen LogP contribution in [0.5, 0.6) is 0 Å². The summed E-state index contributed by atoms with van der Waals surface area (Å²) in [5, 5.41) is 12.2. The summed E-state index contributed by atoms with van der Waals surface area (Å²) < 4.78 is 41.7. The van der Waals surface area contributed by atoms with Gasteiger partial charge in [-0.2, -0.15) is 4.72 Å². The standard InChI is InChI=1S/C31H34N2O7S/c1-21-15-17-23(18-16-21)41(37,38)32-31(5,28(35)39-20-22-11-7-6-8-12-22)27(34)25-19-33(29(36)40-30(2,3)4)26-14-10-9-13-24(25)26/h6-19,27,32,34H,20H2,1-5H3/t27-,31-/m0/s1. The molecule has 216 valence electrons. The predicted octanol–water partition coefficient (Wildman–Crippen LogP) is 5.25. The van der Waals surface area contributed by atoms with E-state index < -0.39 is 39.3 Å². The first kappa shape index (κ1) is 30.0. The number of nitrogens with one attached hydrogen (secondary N) is 1. The van der Waals surface area contributed by atoms with E-state index in [9.17, 15) is 23.1 Å². The maximum atomic E-state index is 13.7. The number of ether oxygens (including phenoxy) is 2. The molecule has 0 unspecified atom stereocenters. The van der Waals surface area contributed by atoms with Crippen LogP contribution in [0.15, 0.2) is 90.0 Å². The van der Waals surface area contributed by atoms with Crippen LogP contribution in [-0.2, 0) is 30.9 Å². The predicted molar refractivity (Wildman–Crippen MR) is 155 cm³/mol. The summed E-state index contributed by atoms with van der Waals surface area (Å²) in [5.74, 6) is -1.00. The number of fused-ring (bicyclic) bond motifs is 1. The molecule has 0 saturated carbocycles. The van der Waals surface area contributed by atoms with Crippen molar-refractivity contribution in [2.45, 2.75) is 63.4 Å². The molecule has 0 radical (unpaired) electrons. The molecule has 41 heavy (non-hydrogen) atoms. The normalized spacial score (nSPS) is 14.3. The zero-order valence-electron chi connectivity index (χ0n) is 23.6. The number of benzene rings is 3. The van der Waals surface area contributed by atoms with Crippen molar-refractivity contribution in [3.63, 3.8) is 0 Å². The van der Waals surface area contributed by atoms with Gasteiger partial charge in [0.25, 0.3) is 0 Å². The van der Waals surface area contributed by atoms with Crippen molar-refractivity contribution in [3.8, 4) is 0 Å². The molecule has 4 aromatic rings. The first-order valence-electron chi connectivity index (χ1n) is 13.0. The quantitative estimate of drug-likeness (QED) is 0.274. The average molecular weight is 579 g/mol. The fourth-order valence-corrected chi connectivity index (χ4v) is 5.70. The molecule has 0 spiro atoms. The molecule has 9 nitrogen and oxygen atoms in total. The van der Waals surface area contributed by atoms with Crippen LogP contribution >= 0.6 is 0 Å². The third kappa shape index (κ3) is 6.67. The molecule has 0 fully saturated rings. The smallest absolute Gasteiger partial charge is 0.419 e. The number of nitrogens with zero attached hydrogens (tertiary/aromatic N) is 1. The number of para-hydroxylation sites is 1. The van der Waals surface area contributed by atoms with Gasteiger partial charge in [-0.25, -0.2) is 18.0 Å². The van der Waals surface area contributed by atoms with Crippen molar-refractivity contribution >= 4 is 33.0 Å². The van der Waals surface area contributed by atoms with E-state index in [4.69, 9.17) is 9.47 Å². The van der Waals surface area contributed by atoms with E-state index in [1.807, 2.05) is 13.0 Å². The average Bonchev–Trinajstić information content (AvgIpc) is 3.31. The van der Waals surface area contributed by atoms with Gasteiger partial charge in [-0.3, -0.25) is 4.57 Å². The highest BCUT2D eigenvalue weighted by molar-refractivity contribution is 7.89. The van der Waals surface area contributed by atoms with Crippen molar-refractivity contribution in [1.29, 1.82) is 0 Å². The van der Waals surface area contributed by atoms with E-state index in [-0.39, 0.29) is 17.1 Å². The Labute approximate surface area is 239 Å². The summed E-state index contributed by atoms with van der Waals surface area (Å²) in [4.78, 5) is 26.6. The Morgan fingerprint density at radius 3 is 2.17 bits per heavy atom. The molecule has 2 atom stereocenters. The lowest BCUT2D eigenvalue weighted by Gasteiger charge is -2.33. The molecule has 0 saturated heterocycles. The van der Waals surface area contributed by atoms with Crippen LogP contribution in [0.4, 0.5) is 4.79 Å². The minimum atomic E-state index is -4.31. The lowest BCUT2D eigenvalue weighted by Crippen LogP contribution is -2.56. The summed E-state index contributed by atoms with van der Waals surface area (Å²) in [7, 11) is -4.31. The summed E-state index contributed by atoms with van der Waals surface area (Å²) in [6.45, 7) is 8.12. The summed E-state index contributed by atoms with van der Waals surface area (Å²) >= 11 is 0. The van der Waals surface area contributed by atoms with Gasteiger partial charge in [0.2, 0.25) is 10.0 Å². The molecule has 0 amide bonds. The van der Waals surface area contributed by atoms with Crippen molar-refractivity contribution in [2.24, 2.45) is 0 Å². The Morgan fingerprint density at radius 2 is 1.54 bits per heavy atom. The van der Waals surface area contributed by atoms with E-state index in [0.717, 1.165) is 5.56 Å². The van der Waals surface area contributed by atoms with E-state index in [2.05, 4.69) is 4.72 Å². The number of aryl methyl sites for hydroxylation is 1. The zero-order chi connectivity index (χ0) is 30.0. The molecule has 0 aliphatic heterocycles. The molecule has 1 aromatic heterocycles. The van der Waals surface area contributed by atoms with E-state index in [1.165, 1.54) is 29.8 Å². The maximum Gasteiger partial charge on any atom is 0.419 e. The third-order valence-electron chi connectivity index (χ3n) is 6.49. The number of carbonyl (C=O) groups is 2. The Morgan fingerprint density at radius 1 is 0.927 bits per heavy atom. The molecule has 2 N–H and O–H groups in total. The second-order valence-corrected chi connectivity index (χ2v) is 12.7. The first-order valence-corrected chi connectivity index (χ1v) is 14.5. The van der Waals surface area contributed by atoms with Gasteiger partial charge in [-0.05, 0) is 58.4 Å². The van der Waals surface area contributed by atoms with Gasteiger partial charge in [0.1, 0.15) is 18.3 Å². The Balaban J connectivity index is 1.79. The molecule has 4 rings (SSSR count). The number of aliphatic hydroxyl groups excluding tert-OH is 1. The third-order valence-corrected chi connectivity index (χ3v) is 8.07. The van der Waals surface area contributed by atoms with Gasteiger partial charge in [0.05, 0.1) is 10.4 Å². The number of aromatic nitrogens is 1. The topological polar surface area (TPSA) is 124 Å². The Kier molecular flexibility index (Phi) is 8.39. The largest absolute Gasteiger partial charge is 0.459 e. The van der Waals surface area contributed by atoms with Gasteiger partial charge in [-0.1, -0.05) is 66.2 Å². The molecule has 0 aliphatic rings. The summed E-state index contributed by atoms with van der Waals surface area (Å²) in [6.07, 6.45) is -1.10. The van der Waals surface area contributed by atoms with Gasteiger partial charge < -0.3 is 14.6 Å². The van der Waals surface area contributed by atoms with Crippen LogP contribution in [0, 0.1) is 6.92 Å². The number of hydrogen-bond acceptors (Lipinski definition) is 7. The number of esters is 1. The van der Waals surface area contributed by atoms with E-state index in [0.29, 0.717) is 16.5 Å². The summed E-state index contributed by atoms with van der Waals surface area (Å²) in [6, 6.07) is 21.7. The maximum absolute atomic E-state index is 13.7. The van der Waals surface area contributed by atoms with Crippen LogP contribution < -0.4 is 4.72 Å². The minimum Gasteiger partial charge on any atom is -0.459 e. The highest BCUT2D eigenvalue weighted by atomic mass is 32.2. The second-order valence-electron chi connectivity index (χ2n) is 11.0. The fourth-order valence-electron chi connectivity index (χ4n) is 4.33. The lowest BCUT2D eigenvalue weighted by molar-refractivity contribution is -0.156. The number of aliphatic hydroxyl groups is 1. The van der Waals surface area contributed by atoms with Crippen LogP contribution in [0.3, 0.4) is 0 Å². The molecule has 1 heterocycles. The zero-order valence-corrected chi connectivity index (χ0v) is 24.4. The van der Waals surface area contributed by atoms with Crippen LogP contribution in [0.25, 0.3) is 10.9 Å². The highest BCUT2D eigenvalue weighted by Gasteiger charge is 2.47. The van der Waals surface area contributed by atoms with Crippen LogP contribution in [0.2, 0.25) is 0 Å². The fraction of sp³-hybridized carbons (Fsp3) is 0.290. The van der Waals surface area contributed by atoms with Gasteiger partial charge in [0.15, 0.2) is 5.54 Å². The van der Waals surface area contributed by atoms with Crippen molar-refractivity contribution in [2.75, 3.05) is 0 Å². The molecule has 0 bridgehead atoms. The van der Waals surface area contributed by atoms with Crippen LogP contribution in [-0.4, -0.2) is 41.3 Å². The molecule has 3 aromatic carbocycles. The lowest BCUT2D eigenvalue weighted by atomic mass is 9.90. The molecular weight excluding hydrogens is 544 g/mol. The van der Waals surface area contributed by atoms with Crippen molar-refractivity contribution in [3.05, 3.63) is 102 Å². The van der Waals surface area contributed by atoms with Gasteiger partial charge in [-0.15, -0.1) is 0 Å². The minimum absolute atomic E-state index is 0.0893. The van der Waals surface area contributed by atoms with Gasteiger partial charge >= 0.3 is 12.1 Å². The Hall–Kier alpha value is -3.99. The number of rotatable bonds is 8. The van der Waals surface area contributed by atoms with Gasteiger partial charge in [0, 0.05) is 17.1 Å².